The first kappa shape index (κ1) is 21.4. The lowest BCUT2D eigenvalue weighted by Gasteiger charge is -2.09. The summed E-state index contributed by atoms with van der Waals surface area (Å²) >= 11 is 0. The van der Waals surface area contributed by atoms with Gasteiger partial charge in [-0.25, -0.2) is 0 Å². The van der Waals surface area contributed by atoms with Crippen LogP contribution in [0.5, 0.6) is 5.75 Å². The molecule has 12 heteroatoms. The lowest BCUT2D eigenvalue weighted by atomic mass is 10.2. The number of carbonyl (C=O) groups excluding carboxylic acids is 1. The molecular formula is C17H14N4O7S. The van der Waals surface area contributed by atoms with E-state index in [2.05, 4.69) is 10.6 Å². The number of carbonyl (C=O) groups is 1. The van der Waals surface area contributed by atoms with Crippen molar-refractivity contribution in [2.45, 2.75) is 4.90 Å². The predicted octanol–water partition coefficient (Wildman–Crippen LogP) is 2.31. The zero-order valence-corrected chi connectivity index (χ0v) is 15.6. The third-order valence-corrected chi connectivity index (χ3v) is 4.37. The Bertz CT molecular complexity index is 1140. The summed E-state index contributed by atoms with van der Waals surface area (Å²) in [6.45, 7) is 0. The minimum atomic E-state index is -4.46. The first-order valence-electron chi connectivity index (χ1n) is 7.74. The third-order valence-electron chi connectivity index (χ3n) is 3.52. The molecule has 2 rings (SSSR count). The number of nitriles is 1. The van der Waals surface area contributed by atoms with Crippen molar-refractivity contribution in [1.82, 2.24) is 0 Å². The van der Waals surface area contributed by atoms with E-state index >= 15 is 0 Å². The van der Waals surface area contributed by atoms with Gasteiger partial charge in [-0.2, -0.15) is 13.7 Å². The Hall–Kier alpha value is -3.95. The van der Waals surface area contributed by atoms with Gasteiger partial charge in [0, 0.05) is 18.0 Å². The SMILES string of the molecule is COc1cc([N+](=O)[O-])ccc1N/C=C(/C#N)C(=O)Nc1cccc(S(=O)(=O)O)c1. The van der Waals surface area contributed by atoms with E-state index < -0.39 is 25.8 Å². The van der Waals surface area contributed by atoms with E-state index in [4.69, 9.17) is 9.29 Å². The van der Waals surface area contributed by atoms with Crippen LogP contribution in [-0.2, 0) is 14.9 Å². The number of nitrogens with zero attached hydrogens (tertiary/aromatic N) is 2. The molecular weight excluding hydrogens is 404 g/mol. The van der Waals surface area contributed by atoms with E-state index in [0.717, 1.165) is 18.3 Å². The van der Waals surface area contributed by atoms with Crippen LogP contribution in [0.3, 0.4) is 0 Å². The van der Waals surface area contributed by atoms with E-state index in [1.807, 2.05) is 0 Å². The van der Waals surface area contributed by atoms with Gasteiger partial charge in [-0.15, -0.1) is 0 Å². The van der Waals surface area contributed by atoms with Crippen molar-refractivity contribution in [3.8, 4) is 11.8 Å². The van der Waals surface area contributed by atoms with Crippen LogP contribution < -0.4 is 15.4 Å². The molecule has 0 heterocycles. The highest BCUT2D eigenvalue weighted by Crippen LogP contribution is 2.29. The highest BCUT2D eigenvalue weighted by Gasteiger charge is 2.14. The maximum Gasteiger partial charge on any atom is 0.294 e. The number of benzene rings is 2. The van der Waals surface area contributed by atoms with Crippen LogP contribution in [0, 0.1) is 21.4 Å². The van der Waals surface area contributed by atoms with E-state index in [-0.39, 0.29) is 28.4 Å². The third kappa shape index (κ3) is 5.51. The Morgan fingerprint density at radius 2 is 2.03 bits per heavy atom. The highest BCUT2D eigenvalue weighted by molar-refractivity contribution is 7.85. The first-order valence-corrected chi connectivity index (χ1v) is 9.18. The summed E-state index contributed by atoms with van der Waals surface area (Å²) in [5.74, 6) is -0.734. The molecule has 3 N–H and O–H groups in total. The first-order chi connectivity index (χ1) is 13.7. The molecule has 0 atom stereocenters. The molecule has 0 aliphatic carbocycles. The zero-order chi connectivity index (χ0) is 21.6. The Morgan fingerprint density at radius 1 is 1.31 bits per heavy atom. The number of nitro benzene ring substituents is 1. The second kappa shape index (κ2) is 8.83. The van der Waals surface area contributed by atoms with E-state index in [1.165, 1.54) is 37.4 Å². The van der Waals surface area contributed by atoms with Gasteiger partial charge in [0.1, 0.15) is 17.4 Å². The summed E-state index contributed by atoms with van der Waals surface area (Å²) < 4.78 is 36.4. The van der Waals surface area contributed by atoms with Crippen molar-refractivity contribution < 1.29 is 27.4 Å². The molecule has 0 spiro atoms. The number of hydrogen-bond donors (Lipinski definition) is 3. The molecule has 29 heavy (non-hydrogen) atoms. The van der Waals surface area contributed by atoms with Crippen LogP contribution in [0.1, 0.15) is 0 Å². The summed E-state index contributed by atoms with van der Waals surface area (Å²) in [6.07, 6.45) is 1.06. The molecule has 0 radical (unpaired) electrons. The molecule has 2 aromatic carbocycles. The number of rotatable bonds is 7. The smallest absolute Gasteiger partial charge is 0.294 e. The monoisotopic (exact) mass is 418 g/mol. The van der Waals surface area contributed by atoms with Crippen molar-refractivity contribution in [2.75, 3.05) is 17.7 Å². The number of ether oxygens (including phenoxy) is 1. The zero-order valence-electron chi connectivity index (χ0n) is 14.8. The number of amides is 1. The van der Waals surface area contributed by atoms with Gasteiger partial charge in [-0.05, 0) is 24.3 Å². The minimum absolute atomic E-state index is 0.0409. The second-order valence-electron chi connectivity index (χ2n) is 5.41. The quantitative estimate of drug-likeness (QED) is 0.200. The Balaban J connectivity index is 2.21. The number of anilines is 2. The second-order valence-corrected chi connectivity index (χ2v) is 6.83. The fraction of sp³-hybridized carbons (Fsp3) is 0.0588. The summed E-state index contributed by atoms with van der Waals surface area (Å²) in [4.78, 5) is 22.0. The van der Waals surface area contributed by atoms with E-state index in [9.17, 15) is 28.6 Å². The standard InChI is InChI=1S/C17H14N4O7S/c1-28-16-8-13(21(23)24)5-6-15(16)19-10-11(9-18)17(22)20-12-3-2-4-14(7-12)29(25,26)27/h2-8,10,19H,1H3,(H,20,22)(H,25,26,27)/b11-10-. The van der Waals surface area contributed by atoms with Gasteiger partial charge in [0.05, 0.1) is 28.7 Å². The maximum atomic E-state index is 12.2. The van der Waals surface area contributed by atoms with Crippen LogP contribution in [0.15, 0.2) is 59.1 Å². The molecule has 0 unspecified atom stereocenters. The molecule has 150 valence electrons. The van der Waals surface area contributed by atoms with Crippen LogP contribution in [-0.4, -0.2) is 30.9 Å². The van der Waals surface area contributed by atoms with Gasteiger partial charge in [0.2, 0.25) is 0 Å². The Morgan fingerprint density at radius 3 is 2.62 bits per heavy atom. The fourth-order valence-corrected chi connectivity index (χ4v) is 2.67. The topological polar surface area (TPSA) is 172 Å². The normalized spacial score (nSPS) is 11.3. The van der Waals surface area contributed by atoms with Crippen molar-refractivity contribution >= 4 is 33.1 Å². The molecule has 0 bridgehead atoms. The summed E-state index contributed by atoms with van der Waals surface area (Å²) in [5.41, 5.74) is -0.262. The minimum Gasteiger partial charge on any atom is -0.494 e. The van der Waals surface area contributed by atoms with Gasteiger partial charge < -0.3 is 15.4 Å². The number of hydrogen-bond acceptors (Lipinski definition) is 8. The number of methoxy groups -OCH3 is 1. The highest BCUT2D eigenvalue weighted by atomic mass is 32.2. The van der Waals surface area contributed by atoms with Crippen molar-refractivity contribution in [3.63, 3.8) is 0 Å². The van der Waals surface area contributed by atoms with E-state index in [0.29, 0.717) is 0 Å². The average molecular weight is 418 g/mol. The molecule has 0 saturated heterocycles. The summed E-state index contributed by atoms with van der Waals surface area (Å²) in [5, 5.41) is 25.0. The number of non-ortho nitro benzene ring substituents is 1. The van der Waals surface area contributed by atoms with Gasteiger partial charge in [-0.3, -0.25) is 19.5 Å². The molecule has 0 saturated carbocycles. The van der Waals surface area contributed by atoms with Crippen molar-refractivity contribution in [1.29, 1.82) is 5.26 Å². The lowest BCUT2D eigenvalue weighted by molar-refractivity contribution is -0.384. The molecule has 11 nitrogen and oxygen atoms in total. The van der Waals surface area contributed by atoms with Crippen LogP contribution in [0.25, 0.3) is 0 Å². The molecule has 2 aromatic rings. The maximum absolute atomic E-state index is 12.2. The average Bonchev–Trinajstić information content (AvgIpc) is 2.67. The number of nitro groups is 1. The molecule has 0 aromatic heterocycles. The van der Waals surface area contributed by atoms with Gasteiger partial charge in [-0.1, -0.05) is 6.07 Å². The predicted molar refractivity (Wildman–Crippen MR) is 102 cm³/mol. The molecule has 0 fully saturated rings. The largest absolute Gasteiger partial charge is 0.494 e. The van der Waals surface area contributed by atoms with Gasteiger partial charge in [0.25, 0.3) is 21.7 Å². The van der Waals surface area contributed by atoms with Gasteiger partial charge in [0.15, 0.2) is 0 Å². The van der Waals surface area contributed by atoms with Crippen LogP contribution in [0.4, 0.5) is 17.1 Å². The summed E-state index contributed by atoms with van der Waals surface area (Å²) in [6, 6.07) is 10.2. The van der Waals surface area contributed by atoms with Crippen molar-refractivity contribution in [3.05, 3.63) is 64.4 Å². The molecule has 1 amide bonds. The molecule has 0 aliphatic heterocycles. The van der Waals surface area contributed by atoms with Crippen molar-refractivity contribution in [2.24, 2.45) is 0 Å². The Labute approximate surface area is 165 Å². The number of nitrogens with one attached hydrogen (secondary N) is 2. The van der Waals surface area contributed by atoms with E-state index in [1.54, 1.807) is 6.07 Å². The van der Waals surface area contributed by atoms with Crippen LogP contribution >= 0.6 is 0 Å². The summed E-state index contributed by atoms with van der Waals surface area (Å²) in [7, 11) is -3.16. The van der Waals surface area contributed by atoms with Gasteiger partial charge >= 0.3 is 0 Å². The fourth-order valence-electron chi connectivity index (χ4n) is 2.14. The van der Waals surface area contributed by atoms with Crippen LogP contribution in [0.2, 0.25) is 0 Å². The lowest BCUT2D eigenvalue weighted by Crippen LogP contribution is -2.15. The Kier molecular flexibility index (Phi) is 6.50. The molecule has 0 aliphatic rings.